The highest BCUT2D eigenvalue weighted by Crippen LogP contribution is 2.42. The molecule has 6 aromatic carbocycles. The Morgan fingerprint density at radius 1 is 0.320 bits per heavy atom. The Hall–Kier alpha value is -6.12. The Balaban J connectivity index is 1.39. The molecule has 6 aromatic rings. The van der Waals surface area contributed by atoms with Gasteiger partial charge in [0.05, 0.1) is 0 Å². The Bertz CT molecular complexity index is 1830. The Kier molecular flexibility index (Phi) is 11.0. The van der Waals surface area contributed by atoms with Crippen molar-refractivity contribution in [3.05, 3.63) is 218 Å². The van der Waals surface area contributed by atoms with Crippen LogP contribution in [0.5, 0.6) is 0 Å². The maximum atomic E-state index is 4.03. The maximum Gasteiger partial charge on any atom is 0.0496 e. The monoisotopic (exact) mass is 648 g/mol. The van der Waals surface area contributed by atoms with E-state index in [0.717, 1.165) is 70.9 Å². The van der Waals surface area contributed by atoms with Crippen LogP contribution in [0.1, 0.15) is 22.3 Å². The summed E-state index contributed by atoms with van der Waals surface area (Å²) in [6.07, 6.45) is 11.0. The van der Waals surface area contributed by atoms with E-state index >= 15 is 0 Å². The number of nitrogens with zero attached hydrogens (tertiary/aromatic N) is 2. The molecule has 2 nitrogen and oxygen atoms in total. The minimum atomic E-state index is 0.786. The SMILES string of the molecule is C=CCc1ccccc1N(c1ccc(-c2ccc(N(c3ccccc3CC=C)c3ccccc3CC=C)cc2)cc1)c1ccccc1CC=C. The van der Waals surface area contributed by atoms with E-state index in [4.69, 9.17) is 0 Å². The predicted molar refractivity (Wildman–Crippen MR) is 217 cm³/mol. The lowest BCUT2D eigenvalue weighted by atomic mass is 10.0. The smallest absolute Gasteiger partial charge is 0.0496 e. The molecule has 0 bridgehead atoms. The molecular weight excluding hydrogens is 605 g/mol. The molecule has 0 spiro atoms. The molecule has 0 aliphatic heterocycles. The topological polar surface area (TPSA) is 6.48 Å². The average molecular weight is 649 g/mol. The second-order valence-electron chi connectivity index (χ2n) is 12.3. The summed E-state index contributed by atoms with van der Waals surface area (Å²) in [5, 5.41) is 0. The summed E-state index contributed by atoms with van der Waals surface area (Å²) in [6, 6.07) is 52.1. The first-order valence-corrected chi connectivity index (χ1v) is 17.2. The van der Waals surface area contributed by atoms with Gasteiger partial charge in [-0.2, -0.15) is 0 Å². The average Bonchev–Trinajstić information content (AvgIpc) is 3.16. The van der Waals surface area contributed by atoms with Crippen molar-refractivity contribution in [1.82, 2.24) is 0 Å². The highest BCUT2D eigenvalue weighted by molar-refractivity contribution is 5.84. The Morgan fingerprint density at radius 3 is 0.800 bits per heavy atom. The van der Waals surface area contributed by atoms with Gasteiger partial charge in [0, 0.05) is 34.1 Å². The van der Waals surface area contributed by atoms with Crippen molar-refractivity contribution in [2.45, 2.75) is 25.7 Å². The lowest BCUT2D eigenvalue weighted by Crippen LogP contribution is -2.14. The number of hydrogen-bond donors (Lipinski definition) is 0. The maximum absolute atomic E-state index is 4.03. The van der Waals surface area contributed by atoms with Gasteiger partial charge in [-0.1, -0.05) is 121 Å². The van der Waals surface area contributed by atoms with E-state index in [0.29, 0.717) is 0 Å². The Morgan fingerprint density at radius 2 is 0.560 bits per heavy atom. The Labute approximate surface area is 298 Å². The van der Waals surface area contributed by atoms with Gasteiger partial charge >= 0.3 is 0 Å². The van der Waals surface area contributed by atoms with Crippen LogP contribution in [0.3, 0.4) is 0 Å². The summed E-state index contributed by atoms with van der Waals surface area (Å²) in [4.78, 5) is 4.73. The van der Waals surface area contributed by atoms with Crippen LogP contribution in [-0.2, 0) is 25.7 Å². The van der Waals surface area contributed by atoms with Gasteiger partial charge in [-0.3, -0.25) is 0 Å². The molecule has 0 fully saturated rings. The summed E-state index contributed by atoms with van der Waals surface area (Å²) >= 11 is 0. The molecule has 0 atom stereocenters. The summed E-state index contributed by atoms with van der Waals surface area (Å²) in [7, 11) is 0. The molecule has 246 valence electrons. The van der Waals surface area contributed by atoms with Crippen LogP contribution in [0, 0.1) is 0 Å². The van der Waals surface area contributed by atoms with Crippen LogP contribution >= 0.6 is 0 Å². The van der Waals surface area contributed by atoms with Gasteiger partial charge < -0.3 is 9.80 Å². The molecule has 0 amide bonds. The van der Waals surface area contributed by atoms with Crippen LogP contribution in [0.15, 0.2) is 196 Å². The first-order valence-electron chi connectivity index (χ1n) is 17.2. The van der Waals surface area contributed by atoms with E-state index in [1.165, 1.54) is 22.3 Å². The zero-order valence-corrected chi connectivity index (χ0v) is 28.7. The molecule has 2 heteroatoms. The fourth-order valence-electron chi connectivity index (χ4n) is 6.65. The van der Waals surface area contributed by atoms with Gasteiger partial charge in [0.15, 0.2) is 0 Å². The van der Waals surface area contributed by atoms with Gasteiger partial charge in [0.25, 0.3) is 0 Å². The zero-order valence-electron chi connectivity index (χ0n) is 28.7. The number of allylic oxidation sites excluding steroid dienone is 4. The molecule has 0 aliphatic rings. The molecule has 6 rings (SSSR count). The molecule has 50 heavy (non-hydrogen) atoms. The van der Waals surface area contributed by atoms with Crippen molar-refractivity contribution < 1.29 is 0 Å². The standard InChI is InChI=1S/C48H44N2/c1-5-17-39-21-9-13-25-45(39)49(46-26-14-10-22-40(46)18-6-2)43-33-29-37(30-34-43)38-31-35-44(36-32-38)50(47-27-15-11-23-41(47)19-7-3)48-28-16-12-24-42(48)20-8-4/h5-16,21-36H,1-4,17-20H2. The van der Waals surface area contributed by atoms with Crippen molar-refractivity contribution in [2.24, 2.45) is 0 Å². The lowest BCUT2D eigenvalue weighted by molar-refractivity contribution is 1.16. The number of hydrogen-bond acceptors (Lipinski definition) is 2. The van der Waals surface area contributed by atoms with E-state index in [9.17, 15) is 0 Å². The molecular formula is C48H44N2. The predicted octanol–water partition coefficient (Wildman–Crippen LogP) is 13.2. The van der Waals surface area contributed by atoms with Crippen molar-refractivity contribution in [3.63, 3.8) is 0 Å². The summed E-state index contributed by atoms with van der Waals surface area (Å²) in [6.45, 7) is 16.1. The second kappa shape index (κ2) is 16.3. The fourth-order valence-corrected chi connectivity index (χ4v) is 6.65. The minimum Gasteiger partial charge on any atom is -0.310 e. The van der Waals surface area contributed by atoms with E-state index < -0.39 is 0 Å². The molecule has 0 saturated carbocycles. The quantitative estimate of drug-likeness (QED) is 0.102. The highest BCUT2D eigenvalue weighted by atomic mass is 15.2. The molecule has 0 heterocycles. The minimum absolute atomic E-state index is 0.786. The number of benzene rings is 6. The van der Waals surface area contributed by atoms with E-state index in [1.54, 1.807) is 0 Å². The van der Waals surface area contributed by atoms with E-state index in [1.807, 2.05) is 24.3 Å². The lowest BCUT2D eigenvalue weighted by Gasteiger charge is -2.30. The molecule has 0 aliphatic carbocycles. The molecule has 0 N–H and O–H groups in total. The summed E-state index contributed by atoms with van der Waals surface area (Å²) in [5.74, 6) is 0. The van der Waals surface area contributed by atoms with Crippen molar-refractivity contribution >= 4 is 34.1 Å². The van der Waals surface area contributed by atoms with Crippen LogP contribution in [0.4, 0.5) is 34.1 Å². The van der Waals surface area contributed by atoms with Crippen LogP contribution in [0.2, 0.25) is 0 Å². The van der Waals surface area contributed by atoms with Gasteiger partial charge in [0.2, 0.25) is 0 Å². The number of para-hydroxylation sites is 4. The van der Waals surface area contributed by atoms with Gasteiger partial charge in [-0.05, 0) is 108 Å². The third-order valence-electron chi connectivity index (χ3n) is 8.97. The van der Waals surface area contributed by atoms with Crippen LogP contribution in [-0.4, -0.2) is 0 Å². The normalized spacial score (nSPS) is 10.6. The van der Waals surface area contributed by atoms with Gasteiger partial charge in [-0.25, -0.2) is 0 Å². The first kappa shape index (κ1) is 33.8. The van der Waals surface area contributed by atoms with Crippen molar-refractivity contribution in [2.75, 3.05) is 9.80 Å². The highest BCUT2D eigenvalue weighted by Gasteiger charge is 2.20. The number of anilines is 6. The largest absolute Gasteiger partial charge is 0.310 e. The second-order valence-corrected chi connectivity index (χ2v) is 12.3. The molecule has 0 radical (unpaired) electrons. The molecule has 0 aromatic heterocycles. The number of rotatable bonds is 15. The molecule has 0 saturated heterocycles. The molecule has 0 unspecified atom stereocenters. The van der Waals surface area contributed by atoms with Gasteiger partial charge in [0.1, 0.15) is 0 Å². The van der Waals surface area contributed by atoms with E-state index in [2.05, 4.69) is 182 Å². The summed E-state index contributed by atoms with van der Waals surface area (Å²) in [5.41, 5.74) is 14.0. The van der Waals surface area contributed by atoms with Crippen molar-refractivity contribution in [1.29, 1.82) is 0 Å². The first-order chi connectivity index (χ1) is 24.7. The van der Waals surface area contributed by atoms with Crippen LogP contribution in [0.25, 0.3) is 11.1 Å². The zero-order chi connectivity index (χ0) is 34.7. The fraction of sp³-hybridized carbons (Fsp3) is 0.0833. The van der Waals surface area contributed by atoms with E-state index in [-0.39, 0.29) is 0 Å². The summed E-state index contributed by atoms with van der Waals surface area (Å²) < 4.78 is 0. The van der Waals surface area contributed by atoms with Crippen LogP contribution < -0.4 is 9.80 Å². The van der Waals surface area contributed by atoms with Crippen molar-refractivity contribution in [3.8, 4) is 11.1 Å². The van der Waals surface area contributed by atoms with Gasteiger partial charge in [-0.15, -0.1) is 26.3 Å². The third kappa shape index (κ3) is 7.31. The third-order valence-corrected chi connectivity index (χ3v) is 8.97.